The molecule has 0 spiro atoms. The van der Waals surface area contributed by atoms with Crippen LogP contribution in [0.3, 0.4) is 0 Å². The molecule has 0 unspecified atom stereocenters. The van der Waals surface area contributed by atoms with Crippen molar-refractivity contribution in [3.8, 4) is 5.75 Å². The number of nitrogens with one attached hydrogen (secondary N) is 2. The van der Waals surface area contributed by atoms with Gasteiger partial charge >= 0.3 is 12.2 Å². The molecule has 3 aromatic carbocycles. The van der Waals surface area contributed by atoms with Crippen LogP contribution in [0.1, 0.15) is 37.0 Å². The number of ether oxygens (including phenoxy) is 1. The normalized spacial score (nSPS) is 17.7. The highest BCUT2D eigenvalue weighted by atomic mass is 19.4. The van der Waals surface area contributed by atoms with E-state index in [9.17, 15) is 32.7 Å². The van der Waals surface area contributed by atoms with Crippen LogP contribution < -0.4 is 15.4 Å². The van der Waals surface area contributed by atoms with Crippen LogP contribution in [-0.4, -0.2) is 77.8 Å². The van der Waals surface area contributed by atoms with Crippen molar-refractivity contribution in [3.05, 3.63) is 66.2 Å². The molecule has 230 valence electrons. The van der Waals surface area contributed by atoms with Gasteiger partial charge in [0.2, 0.25) is 5.91 Å². The van der Waals surface area contributed by atoms with Crippen molar-refractivity contribution in [2.24, 2.45) is 5.92 Å². The van der Waals surface area contributed by atoms with Crippen molar-refractivity contribution in [1.29, 1.82) is 0 Å². The molecule has 43 heavy (non-hydrogen) atoms. The number of nitrogens with zero attached hydrogens (tertiary/aromatic N) is 2. The number of hydrogen-bond donors (Lipinski definition) is 3. The highest BCUT2D eigenvalue weighted by molar-refractivity contribution is 6.02. The Balaban J connectivity index is 1.55. The van der Waals surface area contributed by atoms with Crippen LogP contribution in [0, 0.1) is 5.92 Å². The zero-order valence-corrected chi connectivity index (χ0v) is 24.1. The zero-order valence-electron chi connectivity index (χ0n) is 24.1. The van der Waals surface area contributed by atoms with Crippen molar-refractivity contribution < 1.29 is 37.4 Å². The molecule has 0 radical (unpaired) electrons. The Morgan fingerprint density at radius 2 is 1.84 bits per heavy atom. The van der Waals surface area contributed by atoms with Crippen LogP contribution in [0.5, 0.6) is 5.75 Å². The topological polar surface area (TPSA) is 111 Å². The highest BCUT2D eigenvalue weighted by Gasteiger charge is 2.34. The van der Waals surface area contributed by atoms with Crippen LogP contribution in [0.15, 0.2) is 60.7 Å². The third-order valence-corrected chi connectivity index (χ3v) is 7.42. The summed E-state index contributed by atoms with van der Waals surface area (Å²) in [6.07, 6.45) is -7.07. The molecule has 4 rings (SSSR count). The SMILES string of the molecule is C[C@H](CO)N1C[C@H](C)[C@H](CN(C)C(=O)Nc2cccc3ccccc23)Oc2ccc(NC(=O)CCC(F)(F)F)cc2C1=O. The number of likely N-dealkylation sites (N-methyl/N-ethyl adjacent to an activating group) is 1. The maximum Gasteiger partial charge on any atom is 0.389 e. The minimum atomic E-state index is -4.47. The average molecular weight is 601 g/mol. The molecule has 3 atom stereocenters. The maximum absolute atomic E-state index is 13.6. The van der Waals surface area contributed by atoms with Gasteiger partial charge in [-0.05, 0) is 36.6 Å². The van der Waals surface area contributed by atoms with E-state index in [1.165, 1.54) is 28.0 Å². The smallest absolute Gasteiger partial charge is 0.389 e. The van der Waals surface area contributed by atoms with Crippen LogP contribution in [0.2, 0.25) is 0 Å². The van der Waals surface area contributed by atoms with Gasteiger partial charge in [0.1, 0.15) is 11.9 Å². The average Bonchev–Trinajstić information content (AvgIpc) is 2.97. The summed E-state index contributed by atoms with van der Waals surface area (Å²) in [5.41, 5.74) is 0.871. The van der Waals surface area contributed by atoms with E-state index in [1.54, 1.807) is 14.0 Å². The van der Waals surface area contributed by atoms with Crippen molar-refractivity contribution in [2.75, 3.05) is 37.4 Å². The molecule has 0 bridgehead atoms. The first kappa shape index (κ1) is 31.6. The summed E-state index contributed by atoms with van der Waals surface area (Å²) < 4.78 is 43.9. The second-order valence-electron chi connectivity index (χ2n) is 10.8. The predicted octanol–water partition coefficient (Wildman–Crippen LogP) is 5.50. The van der Waals surface area contributed by atoms with Gasteiger partial charge in [0.25, 0.3) is 5.91 Å². The number of benzene rings is 3. The standard InChI is InChI=1S/C31H35F3N4O5/c1-19-16-38(20(2)18-39)29(41)24-15-22(35-28(40)13-14-31(32,33)34)11-12-26(24)43-27(19)17-37(3)30(42)36-25-10-6-8-21-7-4-5-9-23(21)25/h4-12,15,19-20,27,39H,13-14,16-18H2,1-3H3,(H,35,40)(H,36,42)/t19-,20+,27-/m0/s1. The molecule has 1 aliphatic rings. The summed E-state index contributed by atoms with van der Waals surface area (Å²) in [6.45, 7) is 3.62. The van der Waals surface area contributed by atoms with Gasteiger partial charge < -0.3 is 30.3 Å². The quantitative estimate of drug-likeness (QED) is 0.316. The number of aliphatic hydroxyl groups excluding tert-OH is 1. The van der Waals surface area contributed by atoms with Gasteiger partial charge in [0.05, 0.1) is 36.9 Å². The first-order chi connectivity index (χ1) is 20.4. The molecule has 1 aliphatic heterocycles. The molecule has 12 heteroatoms. The minimum Gasteiger partial charge on any atom is -0.487 e. The van der Waals surface area contributed by atoms with E-state index in [-0.39, 0.29) is 48.6 Å². The fraction of sp³-hybridized carbons (Fsp3) is 0.387. The van der Waals surface area contributed by atoms with E-state index in [0.717, 1.165) is 10.8 Å². The van der Waals surface area contributed by atoms with Crippen LogP contribution in [-0.2, 0) is 4.79 Å². The molecular formula is C31H35F3N4O5. The molecule has 0 aliphatic carbocycles. The number of rotatable bonds is 8. The van der Waals surface area contributed by atoms with Crippen molar-refractivity contribution in [3.63, 3.8) is 0 Å². The lowest BCUT2D eigenvalue weighted by molar-refractivity contribution is -0.142. The van der Waals surface area contributed by atoms with E-state index in [4.69, 9.17) is 4.74 Å². The van der Waals surface area contributed by atoms with Gasteiger partial charge in [-0.15, -0.1) is 0 Å². The number of hydrogen-bond acceptors (Lipinski definition) is 5. The Bertz CT molecular complexity index is 1480. The minimum absolute atomic E-state index is 0.0775. The predicted molar refractivity (Wildman–Crippen MR) is 157 cm³/mol. The van der Waals surface area contributed by atoms with Gasteiger partial charge in [-0.25, -0.2) is 4.79 Å². The molecule has 0 aromatic heterocycles. The number of urea groups is 1. The van der Waals surface area contributed by atoms with E-state index in [0.29, 0.717) is 5.69 Å². The zero-order chi connectivity index (χ0) is 31.3. The van der Waals surface area contributed by atoms with Crippen molar-refractivity contribution in [2.45, 2.75) is 45.0 Å². The Labute approximate surface area is 247 Å². The first-order valence-electron chi connectivity index (χ1n) is 13.9. The number of alkyl halides is 3. The molecule has 1 heterocycles. The molecule has 3 N–H and O–H groups in total. The summed E-state index contributed by atoms with van der Waals surface area (Å²) in [5.74, 6) is -1.38. The third-order valence-electron chi connectivity index (χ3n) is 7.42. The fourth-order valence-electron chi connectivity index (χ4n) is 4.89. The van der Waals surface area contributed by atoms with Gasteiger partial charge in [-0.2, -0.15) is 13.2 Å². The maximum atomic E-state index is 13.6. The number of carbonyl (C=O) groups is 3. The van der Waals surface area contributed by atoms with Crippen molar-refractivity contribution in [1.82, 2.24) is 9.80 Å². The van der Waals surface area contributed by atoms with Crippen molar-refractivity contribution >= 4 is 40.0 Å². The Kier molecular flexibility index (Phi) is 9.80. The Hall–Kier alpha value is -4.32. The van der Waals surface area contributed by atoms with Gasteiger partial charge in [-0.3, -0.25) is 9.59 Å². The Morgan fingerprint density at radius 1 is 1.12 bits per heavy atom. The fourth-order valence-corrected chi connectivity index (χ4v) is 4.89. The van der Waals surface area contributed by atoms with E-state index in [2.05, 4.69) is 10.6 Å². The first-order valence-corrected chi connectivity index (χ1v) is 13.9. The van der Waals surface area contributed by atoms with E-state index < -0.39 is 43.0 Å². The third kappa shape index (κ3) is 7.95. The molecular weight excluding hydrogens is 565 g/mol. The molecule has 0 saturated carbocycles. The number of aliphatic hydroxyl groups is 1. The number of anilines is 2. The molecule has 0 fully saturated rings. The summed E-state index contributed by atoms with van der Waals surface area (Å²) in [4.78, 5) is 41.9. The van der Waals surface area contributed by atoms with Gasteiger partial charge in [0.15, 0.2) is 0 Å². The number of carbonyl (C=O) groups excluding carboxylic acids is 3. The highest BCUT2D eigenvalue weighted by Crippen LogP contribution is 2.31. The molecule has 0 saturated heterocycles. The number of amides is 4. The lowest BCUT2D eigenvalue weighted by atomic mass is 9.99. The molecule has 3 aromatic rings. The van der Waals surface area contributed by atoms with E-state index >= 15 is 0 Å². The second kappa shape index (κ2) is 13.3. The van der Waals surface area contributed by atoms with Gasteiger partial charge in [0, 0.05) is 37.0 Å². The Morgan fingerprint density at radius 3 is 2.56 bits per heavy atom. The molecule has 9 nitrogen and oxygen atoms in total. The second-order valence-corrected chi connectivity index (χ2v) is 10.8. The summed E-state index contributed by atoms with van der Waals surface area (Å²) in [5, 5.41) is 17.1. The van der Waals surface area contributed by atoms with E-state index in [1.807, 2.05) is 49.4 Å². The summed E-state index contributed by atoms with van der Waals surface area (Å²) in [6, 6.07) is 16.7. The molecule has 4 amide bonds. The van der Waals surface area contributed by atoms with Crippen LogP contribution >= 0.6 is 0 Å². The summed E-state index contributed by atoms with van der Waals surface area (Å²) >= 11 is 0. The van der Waals surface area contributed by atoms with Crippen LogP contribution in [0.25, 0.3) is 10.8 Å². The largest absolute Gasteiger partial charge is 0.487 e. The van der Waals surface area contributed by atoms with Crippen LogP contribution in [0.4, 0.5) is 29.3 Å². The number of halogens is 3. The van der Waals surface area contributed by atoms with Gasteiger partial charge in [-0.1, -0.05) is 43.3 Å². The monoisotopic (exact) mass is 600 g/mol. The lowest BCUT2D eigenvalue weighted by Gasteiger charge is -2.38. The lowest BCUT2D eigenvalue weighted by Crippen LogP contribution is -2.50. The summed E-state index contributed by atoms with van der Waals surface area (Å²) in [7, 11) is 1.63. The number of fused-ring (bicyclic) bond motifs is 2.